The van der Waals surface area contributed by atoms with Crippen molar-refractivity contribution in [3.05, 3.63) is 65.2 Å². The van der Waals surface area contributed by atoms with Crippen LogP contribution in [0.1, 0.15) is 28.5 Å². The van der Waals surface area contributed by atoms with E-state index in [2.05, 4.69) is 30.7 Å². The van der Waals surface area contributed by atoms with Crippen LogP contribution in [0.25, 0.3) is 17.3 Å². The van der Waals surface area contributed by atoms with Gasteiger partial charge in [-0.05, 0) is 36.2 Å². The van der Waals surface area contributed by atoms with Gasteiger partial charge < -0.3 is 11.1 Å². The highest BCUT2D eigenvalue weighted by molar-refractivity contribution is 5.98. The van der Waals surface area contributed by atoms with Gasteiger partial charge in [0.25, 0.3) is 5.91 Å². The number of hydrogen-bond acceptors (Lipinski definition) is 7. The molecule has 0 spiro atoms. The third-order valence-electron chi connectivity index (χ3n) is 4.34. The topological polar surface area (TPSA) is 124 Å². The fourth-order valence-electron chi connectivity index (χ4n) is 2.92. The smallest absolute Gasteiger partial charge is 0.252 e. The molecule has 4 rings (SSSR count). The summed E-state index contributed by atoms with van der Waals surface area (Å²) in [6, 6.07) is 9.54. The third-order valence-corrected chi connectivity index (χ3v) is 4.34. The SMILES string of the molecule is CCc1nnc(-c2nnc3c(C(N)=O)cccn23)nc1NCc1cccc(F)c1. The van der Waals surface area contributed by atoms with Gasteiger partial charge in [-0.25, -0.2) is 9.37 Å². The lowest BCUT2D eigenvalue weighted by molar-refractivity contribution is 0.100. The van der Waals surface area contributed by atoms with E-state index in [-0.39, 0.29) is 17.2 Å². The highest BCUT2D eigenvalue weighted by Gasteiger charge is 2.18. The minimum absolute atomic E-state index is 0.234. The molecule has 29 heavy (non-hydrogen) atoms. The number of nitrogens with zero attached hydrogens (tertiary/aromatic N) is 6. The molecule has 0 saturated carbocycles. The molecule has 3 aromatic heterocycles. The minimum atomic E-state index is -0.604. The summed E-state index contributed by atoms with van der Waals surface area (Å²) in [5, 5.41) is 19.7. The normalized spacial score (nSPS) is 11.0. The zero-order chi connectivity index (χ0) is 20.4. The van der Waals surface area contributed by atoms with Crippen LogP contribution in [-0.2, 0) is 13.0 Å². The van der Waals surface area contributed by atoms with Crippen molar-refractivity contribution < 1.29 is 9.18 Å². The van der Waals surface area contributed by atoms with Crippen molar-refractivity contribution in [2.45, 2.75) is 19.9 Å². The molecule has 9 nitrogen and oxygen atoms in total. The summed E-state index contributed by atoms with van der Waals surface area (Å²) >= 11 is 0. The number of pyridine rings is 1. The highest BCUT2D eigenvalue weighted by Crippen LogP contribution is 2.20. The molecule has 0 aliphatic heterocycles. The van der Waals surface area contributed by atoms with Crippen LogP contribution in [-0.4, -0.2) is 35.7 Å². The molecule has 0 saturated heterocycles. The number of carbonyl (C=O) groups is 1. The first kappa shape index (κ1) is 18.4. The van der Waals surface area contributed by atoms with E-state index in [0.29, 0.717) is 35.9 Å². The summed E-state index contributed by atoms with van der Waals surface area (Å²) in [4.78, 5) is 16.1. The van der Waals surface area contributed by atoms with Crippen molar-refractivity contribution >= 4 is 17.4 Å². The Morgan fingerprint density at radius 3 is 2.79 bits per heavy atom. The van der Waals surface area contributed by atoms with Crippen LogP contribution < -0.4 is 11.1 Å². The van der Waals surface area contributed by atoms with Gasteiger partial charge in [0.2, 0.25) is 11.6 Å². The fourth-order valence-corrected chi connectivity index (χ4v) is 2.92. The lowest BCUT2D eigenvalue weighted by atomic mass is 10.2. The molecule has 0 aliphatic carbocycles. The van der Waals surface area contributed by atoms with Crippen molar-refractivity contribution in [2.75, 3.05) is 5.32 Å². The maximum absolute atomic E-state index is 13.4. The van der Waals surface area contributed by atoms with Crippen LogP contribution in [0.5, 0.6) is 0 Å². The Kier molecular flexibility index (Phi) is 4.82. The first-order valence-electron chi connectivity index (χ1n) is 8.92. The van der Waals surface area contributed by atoms with Gasteiger partial charge in [0.05, 0.1) is 5.56 Å². The monoisotopic (exact) mass is 392 g/mol. The highest BCUT2D eigenvalue weighted by atomic mass is 19.1. The number of amides is 1. The Hall–Kier alpha value is -3.95. The second-order valence-corrected chi connectivity index (χ2v) is 6.27. The number of primary amides is 1. The van der Waals surface area contributed by atoms with Gasteiger partial charge >= 0.3 is 0 Å². The number of rotatable bonds is 6. The van der Waals surface area contributed by atoms with Gasteiger partial charge in [-0.3, -0.25) is 9.20 Å². The number of nitrogens with two attached hydrogens (primary N) is 1. The molecular formula is C19H17FN8O. The number of halogens is 1. The molecule has 0 bridgehead atoms. The van der Waals surface area contributed by atoms with Crippen molar-refractivity contribution in [3.63, 3.8) is 0 Å². The van der Waals surface area contributed by atoms with E-state index in [9.17, 15) is 9.18 Å². The first-order chi connectivity index (χ1) is 14.1. The number of carbonyl (C=O) groups excluding carboxylic acids is 1. The van der Waals surface area contributed by atoms with E-state index in [4.69, 9.17) is 5.73 Å². The van der Waals surface area contributed by atoms with Crippen LogP contribution in [0.3, 0.4) is 0 Å². The van der Waals surface area contributed by atoms with E-state index in [1.165, 1.54) is 12.1 Å². The Balaban J connectivity index is 1.70. The summed E-state index contributed by atoms with van der Waals surface area (Å²) in [5.74, 6) is 0.170. The molecule has 3 N–H and O–H groups in total. The van der Waals surface area contributed by atoms with Crippen LogP contribution in [0, 0.1) is 5.82 Å². The molecule has 0 atom stereocenters. The molecule has 10 heteroatoms. The number of nitrogens with one attached hydrogen (secondary N) is 1. The van der Waals surface area contributed by atoms with Crippen LogP contribution >= 0.6 is 0 Å². The molecule has 0 unspecified atom stereocenters. The minimum Gasteiger partial charge on any atom is -0.365 e. The number of fused-ring (bicyclic) bond motifs is 1. The lowest BCUT2D eigenvalue weighted by Crippen LogP contribution is -2.13. The maximum atomic E-state index is 13.4. The summed E-state index contributed by atoms with van der Waals surface area (Å²) in [7, 11) is 0. The van der Waals surface area contributed by atoms with Crippen molar-refractivity contribution in [3.8, 4) is 11.6 Å². The number of benzene rings is 1. The van der Waals surface area contributed by atoms with Crippen molar-refractivity contribution in [1.82, 2.24) is 29.8 Å². The van der Waals surface area contributed by atoms with Crippen LogP contribution in [0.4, 0.5) is 10.2 Å². The second-order valence-electron chi connectivity index (χ2n) is 6.27. The molecule has 0 aliphatic rings. The van der Waals surface area contributed by atoms with E-state index in [0.717, 1.165) is 5.56 Å². The van der Waals surface area contributed by atoms with Gasteiger partial charge in [0.1, 0.15) is 11.5 Å². The summed E-state index contributed by atoms with van der Waals surface area (Å²) < 4.78 is 15.0. The Morgan fingerprint density at radius 2 is 2.03 bits per heavy atom. The van der Waals surface area contributed by atoms with Crippen molar-refractivity contribution in [2.24, 2.45) is 5.73 Å². The average Bonchev–Trinajstić information content (AvgIpc) is 3.16. The Bertz CT molecular complexity index is 1210. The standard InChI is InChI=1S/C19H17FN8O/c1-2-14-16(22-10-11-5-3-6-12(20)9-11)23-17(25-24-14)19-27-26-18-13(15(21)29)7-4-8-28(18)19/h3-9H,2,10H2,1H3,(H2,21,29)(H,22,23,25). The zero-order valence-electron chi connectivity index (χ0n) is 15.5. The number of anilines is 1. The Morgan fingerprint density at radius 1 is 1.17 bits per heavy atom. The molecule has 1 amide bonds. The van der Waals surface area contributed by atoms with Gasteiger partial charge in [-0.1, -0.05) is 19.1 Å². The third kappa shape index (κ3) is 3.59. The molecule has 1 aromatic carbocycles. The fraction of sp³-hybridized carbons (Fsp3) is 0.158. The van der Waals surface area contributed by atoms with Crippen molar-refractivity contribution in [1.29, 1.82) is 0 Å². The average molecular weight is 392 g/mol. The summed E-state index contributed by atoms with van der Waals surface area (Å²) in [5.41, 5.74) is 7.39. The molecule has 0 radical (unpaired) electrons. The maximum Gasteiger partial charge on any atom is 0.252 e. The zero-order valence-corrected chi connectivity index (χ0v) is 15.5. The predicted molar refractivity (Wildman–Crippen MR) is 103 cm³/mol. The first-order valence-corrected chi connectivity index (χ1v) is 8.92. The molecule has 0 fully saturated rings. The van der Waals surface area contributed by atoms with Gasteiger partial charge in [-0.15, -0.1) is 20.4 Å². The van der Waals surface area contributed by atoms with Gasteiger partial charge in [0, 0.05) is 12.7 Å². The van der Waals surface area contributed by atoms with E-state index in [1.807, 2.05) is 13.0 Å². The summed E-state index contributed by atoms with van der Waals surface area (Å²) in [6.45, 7) is 2.31. The quantitative estimate of drug-likeness (QED) is 0.514. The Labute approximate surface area is 164 Å². The van der Waals surface area contributed by atoms with Crippen LogP contribution in [0.2, 0.25) is 0 Å². The largest absolute Gasteiger partial charge is 0.365 e. The molecule has 4 aromatic rings. The number of hydrogen-bond donors (Lipinski definition) is 2. The van der Waals surface area contributed by atoms with E-state index < -0.39 is 5.91 Å². The molecule has 146 valence electrons. The molecule has 3 heterocycles. The van der Waals surface area contributed by atoms with E-state index in [1.54, 1.807) is 28.8 Å². The van der Waals surface area contributed by atoms with Crippen LogP contribution in [0.15, 0.2) is 42.6 Å². The lowest BCUT2D eigenvalue weighted by Gasteiger charge is -2.10. The summed E-state index contributed by atoms with van der Waals surface area (Å²) in [6.07, 6.45) is 2.30. The predicted octanol–water partition coefficient (Wildman–Crippen LogP) is 1.99. The number of aromatic nitrogens is 6. The van der Waals surface area contributed by atoms with E-state index >= 15 is 0 Å². The number of aryl methyl sites for hydroxylation is 1. The van der Waals surface area contributed by atoms with Gasteiger partial charge in [0.15, 0.2) is 11.5 Å². The van der Waals surface area contributed by atoms with Gasteiger partial charge in [-0.2, -0.15) is 0 Å². The second kappa shape index (κ2) is 7.58. The molecular weight excluding hydrogens is 375 g/mol.